The number of carbonyl (C=O) groups is 1. The summed E-state index contributed by atoms with van der Waals surface area (Å²) >= 11 is 5.68. The van der Waals surface area contributed by atoms with Crippen molar-refractivity contribution in [2.75, 3.05) is 17.2 Å². The Kier molecular flexibility index (Phi) is 3.47. The Morgan fingerprint density at radius 2 is 2.29 bits per heavy atom. The van der Waals surface area contributed by atoms with Crippen LogP contribution in [-0.2, 0) is 4.79 Å². The molecule has 6 nitrogen and oxygen atoms in total. The molecular formula is C7H9ClN4O2. The molecule has 1 aromatic rings. The van der Waals surface area contributed by atoms with Crippen molar-refractivity contribution in [2.24, 2.45) is 0 Å². The van der Waals surface area contributed by atoms with Gasteiger partial charge in [-0.15, -0.1) is 0 Å². The van der Waals surface area contributed by atoms with Gasteiger partial charge in [-0.05, 0) is 6.92 Å². The Morgan fingerprint density at radius 3 is 2.79 bits per heavy atom. The highest BCUT2D eigenvalue weighted by atomic mass is 35.5. The molecule has 7 heteroatoms. The van der Waals surface area contributed by atoms with Gasteiger partial charge in [-0.1, -0.05) is 11.6 Å². The molecular weight excluding hydrogens is 208 g/mol. The molecule has 0 aliphatic rings. The number of amides is 1. The SMILES string of the molecule is CCNc1nc(O)c(NC=O)c(Cl)n1. The van der Waals surface area contributed by atoms with Gasteiger partial charge in [0.05, 0.1) is 0 Å². The third-order valence-electron chi connectivity index (χ3n) is 1.38. The predicted molar refractivity (Wildman–Crippen MR) is 52.6 cm³/mol. The lowest BCUT2D eigenvalue weighted by Gasteiger charge is -2.06. The van der Waals surface area contributed by atoms with Crippen molar-refractivity contribution in [2.45, 2.75) is 6.92 Å². The lowest BCUT2D eigenvalue weighted by molar-refractivity contribution is -0.105. The van der Waals surface area contributed by atoms with Crippen LogP contribution in [0.3, 0.4) is 0 Å². The molecule has 14 heavy (non-hydrogen) atoms. The van der Waals surface area contributed by atoms with E-state index in [1.807, 2.05) is 6.92 Å². The molecule has 0 fully saturated rings. The summed E-state index contributed by atoms with van der Waals surface area (Å²) in [5.41, 5.74) is 0.00307. The number of hydrogen-bond acceptors (Lipinski definition) is 5. The molecule has 0 aromatic carbocycles. The Labute approximate surface area is 85.3 Å². The summed E-state index contributed by atoms with van der Waals surface area (Å²) in [4.78, 5) is 17.6. The second-order valence-corrected chi connectivity index (χ2v) is 2.69. The first-order valence-corrected chi connectivity index (χ1v) is 4.27. The third kappa shape index (κ3) is 2.23. The van der Waals surface area contributed by atoms with Gasteiger partial charge in [0.1, 0.15) is 5.69 Å². The molecule has 0 radical (unpaired) electrons. The van der Waals surface area contributed by atoms with Crippen LogP contribution in [-0.4, -0.2) is 28.0 Å². The summed E-state index contributed by atoms with van der Waals surface area (Å²) in [6.07, 6.45) is 0.386. The maximum absolute atomic E-state index is 10.1. The van der Waals surface area contributed by atoms with Crippen LogP contribution in [0.5, 0.6) is 5.88 Å². The number of nitrogens with zero attached hydrogens (tertiary/aromatic N) is 2. The van der Waals surface area contributed by atoms with E-state index in [0.717, 1.165) is 0 Å². The van der Waals surface area contributed by atoms with Crippen LogP contribution in [0.1, 0.15) is 6.92 Å². The first kappa shape index (κ1) is 10.5. The molecule has 0 aliphatic heterocycles. The number of aromatic nitrogens is 2. The molecule has 0 atom stereocenters. The maximum atomic E-state index is 10.1. The minimum Gasteiger partial charge on any atom is -0.492 e. The minimum atomic E-state index is -0.368. The summed E-state index contributed by atoms with van der Waals surface area (Å²) in [7, 11) is 0. The molecule has 0 unspecified atom stereocenters. The molecule has 76 valence electrons. The van der Waals surface area contributed by atoms with Crippen molar-refractivity contribution in [1.29, 1.82) is 0 Å². The van der Waals surface area contributed by atoms with E-state index in [1.54, 1.807) is 0 Å². The van der Waals surface area contributed by atoms with E-state index < -0.39 is 0 Å². The number of hydrogen-bond donors (Lipinski definition) is 3. The van der Waals surface area contributed by atoms with Crippen molar-refractivity contribution in [1.82, 2.24) is 9.97 Å². The molecule has 0 saturated carbocycles. The van der Waals surface area contributed by atoms with E-state index in [9.17, 15) is 9.90 Å². The number of anilines is 2. The quantitative estimate of drug-likeness (QED) is 0.513. The summed E-state index contributed by atoms with van der Waals surface area (Å²) in [6, 6.07) is 0. The number of rotatable bonds is 4. The van der Waals surface area contributed by atoms with Gasteiger partial charge in [0.2, 0.25) is 18.2 Å². The Morgan fingerprint density at radius 1 is 1.57 bits per heavy atom. The van der Waals surface area contributed by atoms with Gasteiger partial charge in [-0.3, -0.25) is 4.79 Å². The van der Waals surface area contributed by atoms with E-state index in [2.05, 4.69) is 20.6 Å². The van der Waals surface area contributed by atoms with E-state index in [-0.39, 0.29) is 22.7 Å². The van der Waals surface area contributed by atoms with Crippen LogP contribution in [0, 0.1) is 0 Å². The summed E-state index contributed by atoms with van der Waals surface area (Å²) in [5.74, 6) is -0.153. The Hall–Kier alpha value is -1.56. The van der Waals surface area contributed by atoms with Crippen LogP contribution in [0.25, 0.3) is 0 Å². The zero-order valence-corrected chi connectivity index (χ0v) is 8.17. The lowest BCUT2D eigenvalue weighted by Crippen LogP contribution is -2.05. The Bertz CT molecular complexity index is 321. The van der Waals surface area contributed by atoms with Crippen LogP contribution in [0.15, 0.2) is 0 Å². The van der Waals surface area contributed by atoms with Crippen molar-refractivity contribution in [3.8, 4) is 5.88 Å². The lowest BCUT2D eigenvalue weighted by atomic mass is 10.5. The normalized spacial score (nSPS) is 9.57. The largest absolute Gasteiger partial charge is 0.492 e. The second-order valence-electron chi connectivity index (χ2n) is 2.33. The van der Waals surface area contributed by atoms with Gasteiger partial charge in [0, 0.05) is 6.54 Å². The second kappa shape index (κ2) is 4.61. The molecule has 1 amide bonds. The first-order chi connectivity index (χ1) is 6.69. The van der Waals surface area contributed by atoms with Crippen LogP contribution < -0.4 is 10.6 Å². The number of halogens is 1. The standard InChI is InChI=1S/C7H9ClN4O2/c1-2-9-7-11-5(8)4(10-3-13)6(14)12-7/h3H,2H2,1H3,(H,10,13)(H2,9,11,12,14). The zero-order chi connectivity index (χ0) is 10.6. The average molecular weight is 217 g/mol. The summed E-state index contributed by atoms with van der Waals surface area (Å²) in [6.45, 7) is 2.46. The van der Waals surface area contributed by atoms with E-state index in [4.69, 9.17) is 11.6 Å². The highest BCUT2D eigenvalue weighted by Gasteiger charge is 2.10. The summed E-state index contributed by atoms with van der Waals surface area (Å²) in [5, 5.41) is 14.3. The van der Waals surface area contributed by atoms with Gasteiger partial charge in [-0.2, -0.15) is 9.97 Å². The fourth-order valence-electron chi connectivity index (χ4n) is 0.843. The minimum absolute atomic E-state index is 0.00307. The fraction of sp³-hybridized carbons (Fsp3) is 0.286. The smallest absolute Gasteiger partial charge is 0.241 e. The van der Waals surface area contributed by atoms with Crippen LogP contribution in [0.4, 0.5) is 11.6 Å². The Balaban J connectivity index is 3.04. The van der Waals surface area contributed by atoms with Gasteiger partial charge in [0.25, 0.3) is 0 Å². The molecule has 0 bridgehead atoms. The van der Waals surface area contributed by atoms with E-state index in [1.165, 1.54) is 0 Å². The highest BCUT2D eigenvalue weighted by molar-refractivity contribution is 6.32. The molecule has 3 N–H and O–H groups in total. The van der Waals surface area contributed by atoms with Gasteiger partial charge < -0.3 is 15.7 Å². The number of carbonyl (C=O) groups excluding carboxylic acids is 1. The zero-order valence-electron chi connectivity index (χ0n) is 7.41. The van der Waals surface area contributed by atoms with Gasteiger partial charge in [0.15, 0.2) is 5.15 Å². The molecule has 1 aromatic heterocycles. The van der Waals surface area contributed by atoms with Crippen LogP contribution in [0.2, 0.25) is 5.15 Å². The first-order valence-electron chi connectivity index (χ1n) is 3.89. The molecule has 0 saturated heterocycles. The molecule has 0 aliphatic carbocycles. The van der Waals surface area contributed by atoms with Gasteiger partial charge >= 0.3 is 0 Å². The van der Waals surface area contributed by atoms with Crippen molar-refractivity contribution < 1.29 is 9.90 Å². The highest BCUT2D eigenvalue weighted by Crippen LogP contribution is 2.28. The molecule has 1 rings (SSSR count). The van der Waals surface area contributed by atoms with Crippen molar-refractivity contribution >= 4 is 29.6 Å². The van der Waals surface area contributed by atoms with Crippen molar-refractivity contribution in [3.63, 3.8) is 0 Å². The maximum Gasteiger partial charge on any atom is 0.241 e. The third-order valence-corrected chi connectivity index (χ3v) is 1.66. The van der Waals surface area contributed by atoms with E-state index >= 15 is 0 Å². The van der Waals surface area contributed by atoms with Gasteiger partial charge in [-0.25, -0.2) is 0 Å². The number of nitrogens with one attached hydrogen (secondary N) is 2. The fourth-order valence-corrected chi connectivity index (χ4v) is 1.06. The van der Waals surface area contributed by atoms with E-state index in [0.29, 0.717) is 13.0 Å². The van der Waals surface area contributed by atoms with Crippen LogP contribution >= 0.6 is 11.6 Å². The monoisotopic (exact) mass is 216 g/mol. The number of aromatic hydroxyl groups is 1. The molecule has 1 heterocycles. The average Bonchev–Trinajstić information content (AvgIpc) is 2.12. The summed E-state index contributed by atoms with van der Waals surface area (Å²) < 4.78 is 0. The van der Waals surface area contributed by atoms with Crippen molar-refractivity contribution in [3.05, 3.63) is 5.15 Å². The topological polar surface area (TPSA) is 87.1 Å². The predicted octanol–water partition coefficient (Wildman–Crippen LogP) is 0.836. The molecule has 0 spiro atoms.